The fourth-order valence-corrected chi connectivity index (χ4v) is 24.8. The van der Waals surface area contributed by atoms with E-state index in [1.54, 1.807) is 0 Å². The van der Waals surface area contributed by atoms with Gasteiger partial charge in [-0.1, -0.05) is 431 Å². The highest BCUT2D eigenvalue weighted by Crippen LogP contribution is 2.54. The number of fused-ring (bicyclic) bond motifs is 39. The number of hydrogen-bond donors (Lipinski definition) is 0. The number of aromatic nitrogens is 6. The summed E-state index contributed by atoms with van der Waals surface area (Å²) >= 11 is 0. The molecule has 0 saturated heterocycles. The van der Waals surface area contributed by atoms with Crippen molar-refractivity contribution >= 4 is 217 Å². The third-order valence-corrected chi connectivity index (χ3v) is 30.9. The van der Waals surface area contributed by atoms with Crippen molar-refractivity contribution in [1.82, 2.24) is 27.4 Å². The van der Waals surface area contributed by atoms with E-state index in [-0.39, 0.29) is 0 Å². The molecule has 0 amide bonds. The second kappa shape index (κ2) is 33.1. The van der Waals surface area contributed by atoms with Gasteiger partial charge in [0.1, 0.15) is 0 Å². The van der Waals surface area contributed by atoms with Crippen molar-refractivity contribution < 1.29 is 0 Å². The minimum absolute atomic E-state index is 1.15. The highest BCUT2D eigenvalue weighted by molar-refractivity contribution is 6.43. The van der Waals surface area contributed by atoms with E-state index in [1.165, 1.54) is 262 Å². The van der Waals surface area contributed by atoms with Crippen LogP contribution < -0.4 is 0 Å². The molecule has 0 fully saturated rings. The fourth-order valence-electron chi connectivity index (χ4n) is 24.8. The topological polar surface area (TPSA) is 29.6 Å². The van der Waals surface area contributed by atoms with Crippen LogP contribution in [0.3, 0.4) is 0 Å². The Balaban J connectivity index is 0.000000102. The van der Waals surface area contributed by atoms with Crippen molar-refractivity contribution in [3.05, 3.63) is 534 Å². The van der Waals surface area contributed by atoms with Crippen molar-refractivity contribution in [2.75, 3.05) is 0 Å². The first-order chi connectivity index (χ1) is 72.5. The number of hydrogen-bond acceptors (Lipinski definition) is 0. The van der Waals surface area contributed by atoms with Gasteiger partial charge in [0.05, 0.1) is 66.2 Å². The Labute approximate surface area is 839 Å². The van der Waals surface area contributed by atoms with E-state index in [4.69, 9.17) is 0 Å². The summed E-state index contributed by atoms with van der Waals surface area (Å²) in [5, 5.41) is 35.5. The molecule has 0 aliphatic carbocycles. The van der Waals surface area contributed by atoms with Crippen LogP contribution in [-0.4, -0.2) is 27.4 Å². The van der Waals surface area contributed by atoms with Gasteiger partial charge in [-0.25, -0.2) is 0 Å². The molecule has 0 aliphatic rings. The molecule has 0 bridgehead atoms. The minimum Gasteiger partial charge on any atom is -0.309 e. The van der Waals surface area contributed by atoms with E-state index in [9.17, 15) is 0 Å². The first kappa shape index (κ1) is 82.5. The first-order valence-corrected chi connectivity index (χ1v) is 50.4. The number of benzene rings is 26. The summed E-state index contributed by atoms with van der Waals surface area (Å²) in [6.07, 6.45) is 0. The van der Waals surface area contributed by atoms with Crippen LogP contribution in [0.25, 0.3) is 285 Å². The van der Waals surface area contributed by atoms with Crippen molar-refractivity contribution in [2.24, 2.45) is 0 Å². The number of para-hydroxylation sites is 5. The van der Waals surface area contributed by atoms with Gasteiger partial charge in [0.25, 0.3) is 0 Å². The predicted molar refractivity (Wildman–Crippen MR) is 622 cm³/mol. The van der Waals surface area contributed by atoms with Crippen molar-refractivity contribution in [2.45, 2.75) is 0 Å². The van der Waals surface area contributed by atoms with E-state index >= 15 is 0 Å². The van der Waals surface area contributed by atoms with Crippen LogP contribution in [0.5, 0.6) is 0 Å². The Morgan fingerprint density at radius 3 is 0.829 bits per heavy atom. The van der Waals surface area contributed by atoms with E-state index in [2.05, 4.69) is 561 Å². The molecule has 0 radical (unpaired) electrons. The van der Waals surface area contributed by atoms with Crippen LogP contribution in [0.15, 0.2) is 534 Å². The molecule has 0 atom stereocenters. The lowest BCUT2D eigenvalue weighted by Crippen LogP contribution is -1.97. The Kier molecular flexibility index (Phi) is 18.7. The standard InChI is InChI=1S/C50H32N2.C46H28N2.C44H28N2/c1-3-14-33(15-4-1)35-26-29-38(30-27-35)51-45-25-12-11-24-43(45)47-49(51)42-23-10-9-22-41(42)46-44-31-28-36-18-7-8-21-40(36)48(44)52(50(46)47)39-20-13-19-37(32-39)34-16-5-2-6-17-34;1-2-14-32(15-3-1)47-40-21-11-10-20-39(40)44-45(47)38-19-9-8-18-37(38)43-42-36-17-7-5-13-30(36)24-27-41(42)48(46(43)44)33-25-26-35-31(28-33)23-22-29-12-4-6-16-34(29)35;1-3-14-29(15-4-1)31-17-13-20-33(28-31)46-38-25-12-11-24-37(38)42-43(46)36-23-10-9-22-35(36)41-40-34-21-8-7-16-30(34)26-27-39(40)45(44(41)42)32-18-5-2-6-19-32/h1-32H;1-28H;1-28H. The molecule has 0 saturated carbocycles. The molecular weight excluding hydrogens is 1770 g/mol. The van der Waals surface area contributed by atoms with Crippen molar-refractivity contribution in [3.63, 3.8) is 0 Å². The molecule has 6 heterocycles. The maximum atomic E-state index is 2.56. The molecule has 0 spiro atoms. The molecule has 146 heavy (non-hydrogen) atoms. The van der Waals surface area contributed by atoms with Gasteiger partial charge in [0.15, 0.2) is 0 Å². The van der Waals surface area contributed by atoms with Gasteiger partial charge in [-0.2, -0.15) is 0 Å². The van der Waals surface area contributed by atoms with Crippen LogP contribution in [0.4, 0.5) is 0 Å². The highest BCUT2D eigenvalue weighted by atomic mass is 15.0. The summed E-state index contributed by atoms with van der Waals surface area (Å²) in [6.45, 7) is 0. The lowest BCUT2D eigenvalue weighted by molar-refractivity contribution is 1.18. The second-order valence-corrected chi connectivity index (χ2v) is 38.7. The molecule has 6 heteroatoms. The van der Waals surface area contributed by atoms with Gasteiger partial charge in [-0.15, -0.1) is 0 Å². The lowest BCUT2D eigenvalue weighted by atomic mass is 9.97. The van der Waals surface area contributed by atoms with Crippen LogP contribution >= 0.6 is 0 Å². The minimum atomic E-state index is 1.15. The molecule has 0 aliphatic heterocycles. The van der Waals surface area contributed by atoms with Gasteiger partial charge < -0.3 is 27.4 Å². The lowest BCUT2D eigenvalue weighted by Gasteiger charge is -2.14. The first-order valence-electron chi connectivity index (χ1n) is 50.4. The maximum Gasteiger partial charge on any atom is 0.0648 e. The quantitative estimate of drug-likeness (QED) is 0.129. The summed E-state index contributed by atoms with van der Waals surface area (Å²) < 4.78 is 15.1. The van der Waals surface area contributed by atoms with Gasteiger partial charge in [0, 0.05) is 120 Å². The summed E-state index contributed by atoms with van der Waals surface area (Å²) in [7, 11) is 0. The van der Waals surface area contributed by atoms with E-state index in [0.29, 0.717) is 0 Å². The molecule has 6 aromatic heterocycles. The molecule has 678 valence electrons. The second-order valence-electron chi connectivity index (χ2n) is 38.7. The highest BCUT2D eigenvalue weighted by Gasteiger charge is 2.31. The summed E-state index contributed by atoms with van der Waals surface area (Å²) in [5.74, 6) is 0. The summed E-state index contributed by atoms with van der Waals surface area (Å²) in [6, 6.07) is 195. The van der Waals surface area contributed by atoms with E-state index in [1.807, 2.05) is 0 Å². The molecule has 32 rings (SSSR count). The molecule has 0 unspecified atom stereocenters. The zero-order valence-corrected chi connectivity index (χ0v) is 79.5. The summed E-state index contributed by atoms with van der Waals surface area (Å²) in [5.41, 5.74) is 29.0. The Morgan fingerprint density at radius 1 is 0.0959 bits per heavy atom. The Bertz CT molecular complexity index is 11000. The van der Waals surface area contributed by atoms with Crippen LogP contribution in [0.2, 0.25) is 0 Å². The zero-order chi connectivity index (χ0) is 95.7. The van der Waals surface area contributed by atoms with Crippen LogP contribution in [-0.2, 0) is 0 Å². The van der Waals surface area contributed by atoms with E-state index in [0.717, 1.165) is 22.7 Å². The SMILES string of the molecule is c1ccc(-c2ccc(-n3c4ccccc4c4c3c3ccccc3c3c5ccc6ccccc6c5n(-c5cccc(-c6ccccc6)c5)c34)cc2)cc1.c1ccc(-c2cccc(-n3c4ccccc4c4c3c3ccccc3c3c5c6ccccc6ccc5n(-c5ccccc5)c34)c2)cc1.c1ccc(-n2c3ccccc3c3c2c2ccccc2c2c4c5ccccc5ccc4n(-c4ccc5c(ccc6ccccc65)c4)c23)cc1. The molecule has 0 N–H and O–H groups in total. The van der Waals surface area contributed by atoms with Crippen LogP contribution in [0.1, 0.15) is 0 Å². The molecule has 32 aromatic rings. The largest absolute Gasteiger partial charge is 0.309 e. The molecule has 26 aromatic carbocycles. The summed E-state index contributed by atoms with van der Waals surface area (Å²) in [4.78, 5) is 0. The Hall–Kier alpha value is -19.4. The Morgan fingerprint density at radius 2 is 0.363 bits per heavy atom. The fraction of sp³-hybridized carbons (Fsp3) is 0. The van der Waals surface area contributed by atoms with Gasteiger partial charge in [-0.3, -0.25) is 0 Å². The average molecular weight is 1850 g/mol. The third-order valence-electron chi connectivity index (χ3n) is 30.9. The van der Waals surface area contributed by atoms with Gasteiger partial charge in [-0.05, 0) is 201 Å². The van der Waals surface area contributed by atoms with E-state index < -0.39 is 0 Å². The molecular formula is C140H88N6. The maximum absolute atomic E-state index is 2.56. The third kappa shape index (κ3) is 12.5. The zero-order valence-electron chi connectivity index (χ0n) is 79.5. The molecule has 6 nitrogen and oxygen atoms in total. The normalized spacial score (nSPS) is 12.0. The van der Waals surface area contributed by atoms with Crippen LogP contribution in [0, 0.1) is 0 Å². The van der Waals surface area contributed by atoms with Gasteiger partial charge in [0.2, 0.25) is 0 Å². The monoisotopic (exact) mass is 1850 g/mol. The average Bonchev–Trinajstić information content (AvgIpc) is 1.53. The number of nitrogens with zero attached hydrogens (tertiary/aromatic N) is 6. The van der Waals surface area contributed by atoms with Crippen molar-refractivity contribution in [3.8, 4) is 67.5 Å². The number of rotatable bonds is 9. The smallest absolute Gasteiger partial charge is 0.0648 e. The van der Waals surface area contributed by atoms with Gasteiger partial charge >= 0.3 is 0 Å². The van der Waals surface area contributed by atoms with Crippen molar-refractivity contribution in [1.29, 1.82) is 0 Å². The predicted octanol–water partition coefficient (Wildman–Crippen LogP) is 37.9.